The molecule has 0 radical (unpaired) electrons. The molecule has 1 aliphatic carbocycles. The Bertz CT molecular complexity index is 1400. The van der Waals surface area contributed by atoms with Crippen molar-refractivity contribution in [1.82, 2.24) is 5.32 Å². The van der Waals surface area contributed by atoms with Crippen LogP contribution in [0.2, 0.25) is 0 Å². The van der Waals surface area contributed by atoms with E-state index >= 15 is 0 Å². The van der Waals surface area contributed by atoms with E-state index in [0.29, 0.717) is 65.5 Å². The molecule has 1 fully saturated rings. The van der Waals surface area contributed by atoms with Gasteiger partial charge in [0.15, 0.2) is 0 Å². The second-order valence-electron chi connectivity index (χ2n) is 11.5. The summed E-state index contributed by atoms with van der Waals surface area (Å²) in [7, 11) is 0. The highest BCUT2D eigenvalue weighted by molar-refractivity contribution is 5.95. The van der Waals surface area contributed by atoms with Crippen molar-refractivity contribution in [3.8, 4) is 23.0 Å². The van der Waals surface area contributed by atoms with Crippen LogP contribution >= 0.6 is 0 Å². The van der Waals surface area contributed by atoms with Crippen molar-refractivity contribution < 1.29 is 23.8 Å². The molecule has 3 aromatic rings. The average molecular weight is 587 g/mol. The van der Waals surface area contributed by atoms with E-state index in [-0.39, 0.29) is 29.5 Å². The molecule has 11 heteroatoms. The fourth-order valence-corrected chi connectivity index (χ4v) is 4.66. The quantitative estimate of drug-likeness (QED) is 0.134. The van der Waals surface area contributed by atoms with E-state index in [4.69, 9.17) is 36.5 Å². The minimum absolute atomic E-state index is 0.0422. The molecule has 0 unspecified atom stereocenters. The van der Waals surface area contributed by atoms with Crippen molar-refractivity contribution in [2.45, 2.75) is 58.1 Å². The van der Waals surface area contributed by atoms with Crippen molar-refractivity contribution in [3.63, 3.8) is 0 Å². The summed E-state index contributed by atoms with van der Waals surface area (Å²) in [6.45, 7) is 5.45. The molecule has 11 nitrogen and oxygen atoms in total. The lowest BCUT2D eigenvalue weighted by atomic mass is 9.85. The molecular formula is C32H38N6O5. The van der Waals surface area contributed by atoms with Crippen molar-refractivity contribution in [1.29, 1.82) is 10.8 Å². The molecule has 8 N–H and O–H groups in total. The van der Waals surface area contributed by atoms with Crippen LogP contribution in [0.15, 0.2) is 66.7 Å². The number of hydrogen-bond acceptors (Lipinski definition) is 7. The summed E-state index contributed by atoms with van der Waals surface area (Å²) < 4.78 is 17.5. The zero-order valence-electron chi connectivity index (χ0n) is 24.5. The SMILES string of the molecule is CC(C)(C)OC(=O)N[C@H]1CC[C@@H](C(=O)Nc2cc(Oc3ccc(C(=N)N)cc3)cc(Oc3ccc(C(=N)N)cc3)c2)CC1. The van der Waals surface area contributed by atoms with Gasteiger partial charge in [-0.2, -0.15) is 0 Å². The summed E-state index contributed by atoms with van der Waals surface area (Å²) in [5.74, 6) is 1.44. The molecule has 1 saturated carbocycles. The van der Waals surface area contributed by atoms with Gasteiger partial charge in [0.05, 0.1) is 0 Å². The Hall–Kier alpha value is -5.06. The smallest absolute Gasteiger partial charge is 0.407 e. The molecule has 0 aliphatic heterocycles. The van der Waals surface area contributed by atoms with Crippen molar-refractivity contribution >= 4 is 29.4 Å². The number of nitrogens with one attached hydrogen (secondary N) is 4. The van der Waals surface area contributed by atoms with Crippen LogP contribution in [0, 0.1) is 16.7 Å². The normalized spacial score (nSPS) is 16.4. The van der Waals surface area contributed by atoms with Gasteiger partial charge in [-0.05, 0) is 95.0 Å². The van der Waals surface area contributed by atoms with Gasteiger partial charge in [0.2, 0.25) is 5.91 Å². The van der Waals surface area contributed by atoms with E-state index in [1.54, 1.807) is 66.7 Å². The van der Waals surface area contributed by atoms with Crippen molar-refractivity contribution in [2.24, 2.45) is 17.4 Å². The Labute approximate surface area is 250 Å². The number of rotatable bonds is 9. The van der Waals surface area contributed by atoms with E-state index in [9.17, 15) is 9.59 Å². The summed E-state index contributed by atoms with van der Waals surface area (Å²) >= 11 is 0. The fraction of sp³-hybridized carbons (Fsp3) is 0.312. The number of nitrogens with two attached hydrogens (primary N) is 2. The third-order valence-electron chi connectivity index (χ3n) is 6.77. The molecule has 2 amide bonds. The highest BCUT2D eigenvalue weighted by Crippen LogP contribution is 2.34. The second-order valence-corrected chi connectivity index (χ2v) is 11.5. The Morgan fingerprint density at radius 3 is 1.63 bits per heavy atom. The lowest BCUT2D eigenvalue weighted by Crippen LogP contribution is -2.42. The standard InChI is InChI=1S/C32H38N6O5/c1-32(2,3)43-31(40)38-22-10-4-21(5-11-22)30(39)37-23-16-26(41-24-12-6-19(7-13-24)28(33)34)18-27(17-23)42-25-14-8-20(9-15-25)29(35)36/h6-9,12-18,21-22H,4-5,10-11H2,1-3H3,(H3,33,34)(H3,35,36)(H,37,39)(H,38,40)/t21-,22+. The monoisotopic (exact) mass is 586 g/mol. The zero-order valence-corrected chi connectivity index (χ0v) is 24.5. The average Bonchev–Trinajstić information content (AvgIpc) is 2.93. The molecule has 43 heavy (non-hydrogen) atoms. The number of alkyl carbamates (subject to hydrolysis) is 1. The first-order valence-electron chi connectivity index (χ1n) is 14.0. The molecule has 3 aromatic carbocycles. The van der Waals surface area contributed by atoms with E-state index in [2.05, 4.69) is 10.6 Å². The highest BCUT2D eigenvalue weighted by Gasteiger charge is 2.28. The van der Waals surface area contributed by atoms with Crippen molar-refractivity contribution in [2.75, 3.05) is 5.32 Å². The van der Waals surface area contributed by atoms with Crippen LogP contribution in [0.3, 0.4) is 0 Å². The van der Waals surface area contributed by atoms with Crippen LogP contribution in [0.1, 0.15) is 57.6 Å². The topological polar surface area (TPSA) is 186 Å². The molecular weight excluding hydrogens is 548 g/mol. The Kier molecular flexibility index (Phi) is 9.54. The third kappa shape index (κ3) is 9.22. The number of amides is 2. The number of nitrogen functional groups attached to an aromatic ring is 2. The number of ether oxygens (including phenoxy) is 3. The minimum atomic E-state index is -0.571. The Morgan fingerprint density at radius 1 is 0.744 bits per heavy atom. The van der Waals surface area contributed by atoms with E-state index in [1.807, 2.05) is 20.8 Å². The van der Waals surface area contributed by atoms with Gasteiger partial charge >= 0.3 is 6.09 Å². The lowest BCUT2D eigenvalue weighted by Gasteiger charge is -2.29. The summed E-state index contributed by atoms with van der Waals surface area (Å²) in [4.78, 5) is 25.4. The molecule has 0 spiro atoms. The Balaban J connectivity index is 1.46. The second kappa shape index (κ2) is 13.3. The third-order valence-corrected chi connectivity index (χ3v) is 6.77. The molecule has 0 bridgehead atoms. The fourth-order valence-electron chi connectivity index (χ4n) is 4.66. The minimum Gasteiger partial charge on any atom is -0.457 e. The predicted octanol–water partition coefficient (Wildman–Crippen LogP) is 5.86. The van der Waals surface area contributed by atoms with Gasteiger partial charge in [0.25, 0.3) is 0 Å². The largest absolute Gasteiger partial charge is 0.457 e. The Morgan fingerprint density at radius 2 is 1.21 bits per heavy atom. The number of anilines is 1. The number of carbonyl (C=O) groups is 2. The molecule has 0 saturated heterocycles. The van der Waals surface area contributed by atoms with Crippen LogP contribution in [-0.4, -0.2) is 35.3 Å². The van der Waals surface area contributed by atoms with Crippen LogP contribution in [0.4, 0.5) is 10.5 Å². The number of hydrogen-bond donors (Lipinski definition) is 6. The maximum absolute atomic E-state index is 13.3. The first-order valence-corrected chi connectivity index (χ1v) is 14.0. The van der Waals surface area contributed by atoms with Gasteiger partial charge in [0, 0.05) is 47.0 Å². The zero-order chi connectivity index (χ0) is 31.1. The highest BCUT2D eigenvalue weighted by atomic mass is 16.6. The first-order chi connectivity index (χ1) is 20.3. The molecule has 226 valence electrons. The van der Waals surface area contributed by atoms with Gasteiger partial charge in [-0.1, -0.05) is 0 Å². The van der Waals surface area contributed by atoms with Crippen LogP contribution < -0.4 is 31.6 Å². The van der Waals surface area contributed by atoms with Gasteiger partial charge < -0.3 is 36.3 Å². The van der Waals surface area contributed by atoms with Crippen LogP contribution in [0.25, 0.3) is 0 Å². The maximum atomic E-state index is 13.3. The summed E-state index contributed by atoms with van der Waals surface area (Å²) in [6, 6.07) is 18.6. The molecule has 0 heterocycles. The lowest BCUT2D eigenvalue weighted by molar-refractivity contribution is -0.120. The number of benzene rings is 3. The van der Waals surface area contributed by atoms with Gasteiger partial charge in [-0.15, -0.1) is 0 Å². The predicted molar refractivity (Wildman–Crippen MR) is 165 cm³/mol. The molecule has 0 atom stereocenters. The van der Waals surface area contributed by atoms with E-state index in [1.165, 1.54) is 0 Å². The van der Waals surface area contributed by atoms with Crippen molar-refractivity contribution in [3.05, 3.63) is 77.9 Å². The van der Waals surface area contributed by atoms with E-state index < -0.39 is 11.7 Å². The summed E-state index contributed by atoms with van der Waals surface area (Å²) in [5, 5.41) is 21.1. The molecule has 0 aromatic heterocycles. The molecule has 1 aliphatic rings. The summed E-state index contributed by atoms with van der Waals surface area (Å²) in [5.41, 5.74) is 12.2. The summed E-state index contributed by atoms with van der Waals surface area (Å²) in [6.07, 6.45) is 2.13. The van der Waals surface area contributed by atoms with Crippen LogP contribution in [-0.2, 0) is 9.53 Å². The first kappa shape index (κ1) is 30.9. The number of amidine groups is 2. The van der Waals surface area contributed by atoms with Gasteiger partial charge in [0.1, 0.15) is 40.3 Å². The number of carbonyl (C=O) groups excluding carboxylic acids is 2. The maximum Gasteiger partial charge on any atom is 0.407 e. The molecule has 4 rings (SSSR count). The van der Waals surface area contributed by atoms with Gasteiger partial charge in [-0.25, -0.2) is 4.79 Å². The van der Waals surface area contributed by atoms with Gasteiger partial charge in [-0.3, -0.25) is 15.6 Å². The van der Waals surface area contributed by atoms with Crippen LogP contribution in [0.5, 0.6) is 23.0 Å². The van der Waals surface area contributed by atoms with E-state index in [0.717, 1.165) is 0 Å².